The molecule has 3 heterocycles. The van der Waals surface area contributed by atoms with Crippen molar-refractivity contribution < 1.29 is 17.2 Å². The Morgan fingerprint density at radius 1 is 1.28 bits per heavy atom. The molecular weight excluding hydrogens is 422 g/mol. The maximum absolute atomic E-state index is 14.7. The number of H-pyrrole nitrogens is 1. The third-order valence-electron chi connectivity index (χ3n) is 4.86. The summed E-state index contributed by atoms with van der Waals surface area (Å²) in [6.07, 6.45) is 7.58. The summed E-state index contributed by atoms with van der Waals surface area (Å²) >= 11 is 0.798. The highest BCUT2D eigenvalue weighted by Crippen LogP contribution is 2.32. The molecule has 29 heavy (non-hydrogen) atoms. The van der Waals surface area contributed by atoms with E-state index in [0.717, 1.165) is 55.3 Å². The number of likely N-dealkylation sites (tertiary alicyclic amines) is 1. The molecular formula is C17H18F2N6O2S2. The average molecular weight is 441 g/mol. The van der Waals surface area contributed by atoms with Crippen molar-refractivity contribution in [3.05, 3.63) is 53.6 Å². The van der Waals surface area contributed by atoms with E-state index >= 15 is 0 Å². The van der Waals surface area contributed by atoms with Gasteiger partial charge in [0.15, 0.2) is 0 Å². The highest BCUT2D eigenvalue weighted by molar-refractivity contribution is 7.93. The van der Waals surface area contributed by atoms with Gasteiger partial charge in [-0.3, -0.25) is 14.7 Å². The summed E-state index contributed by atoms with van der Waals surface area (Å²) in [5, 5.41) is 6.73. The Labute approximate surface area is 170 Å². The van der Waals surface area contributed by atoms with Crippen LogP contribution in [0.3, 0.4) is 0 Å². The lowest BCUT2D eigenvalue weighted by atomic mass is 9.97. The van der Waals surface area contributed by atoms with Gasteiger partial charge in [0.2, 0.25) is 5.13 Å². The SMILES string of the molecule is O=S(=O)(Nc1ncns1)c1cc(F)c(CN2CCCCC2c2cn[nH]c2)cc1F. The number of rotatable bonds is 6. The van der Waals surface area contributed by atoms with Crippen molar-refractivity contribution in [2.75, 3.05) is 11.3 Å². The van der Waals surface area contributed by atoms with Crippen molar-refractivity contribution in [3.63, 3.8) is 0 Å². The first-order chi connectivity index (χ1) is 13.9. The van der Waals surface area contributed by atoms with Gasteiger partial charge in [0, 0.05) is 41.4 Å². The largest absolute Gasteiger partial charge is 0.292 e. The van der Waals surface area contributed by atoms with E-state index in [-0.39, 0.29) is 23.3 Å². The lowest BCUT2D eigenvalue weighted by Gasteiger charge is -2.35. The van der Waals surface area contributed by atoms with Crippen molar-refractivity contribution in [2.45, 2.75) is 36.7 Å². The Bertz CT molecular complexity index is 1070. The van der Waals surface area contributed by atoms with Gasteiger partial charge in [0.1, 0.15) is 22.9 Å². The molecule has 2 N–H and O–H groups in total. The molecule has 0 saturated carbocycles. The van der Waals surface area contributed by atoms with Crippen LogP contribution in [0.25, 0.3) is 0 Å². The molecule has 1 saturated heterocycles. The van der Waals surface area contributed by atoms with Crippen LogP contribution in [0.5, 0.6) is 0 Å². The van der Waals surface area contributed by atoms with Crippen LogP contribution in [0.1, 0.15) is 36.4 Å². The molecule has 8 nitrogen and oxygen atoms in total. The third kappa shape index (κ3) is 4.28. The highest BCUT2D eigenvalue weighted by atomic mass is 32.2. The second kappa shape index (κ2) is 8.13. The van der Waals surface area contributed by atoms with E-state index in [0.29, 0.717) is 6.07 Å². The summed E-state index contributed by atoms with van der Waals surface area (Å²) in [6, 6.07) is 1.71. The molecule has 1 aliphatic rings. The van der Waals surface area contributed by atoms with Crippen molar-refractivity contribution in [3.8, 4) is 0 Å². The molecule has 3 aromatic rings. The molecule has 1 aromatic carbocycles. The monoisotopic (exact) mass is 440 g/mol. The summed E-state index contributed by atoms with van der Waals surface area (Å²) in [6.45, 7) is 0.901. The molecule has 0 radical (unpaired) electrons. The molecule has 4 rings (SSSR count). The molecule has 1 unspecified atom stereocenters. The summed E-state index contributed by atoms with van der Waals surface area (Å²) in [4.78, 5) is 4.98. The highest BCUT2D eigenvalue weighted by Gasteiger charge is 2.28. The Morgan fingerprint density at radius 2 is 2.14 bits per heavy atom. The summed E-state index contributed by atoms with van der Waals surface area (Å²) in [5.74, 6) is -1.80. The van der Waals surface area contributed by atoms with E-state index in [2.05, 4.69) is 29.2 Å². The number of piperidine rings is 1. The van der Waals surface area contributed by atoms with Gasteiger partial charge >= 0.3 is 0 Å². The minimum atomic E-state index is -4.32. The fourth-order valence-electron chi connectivity index (χ4n) is 3.50. The molecule has 0 spiro atoms. The minimum Gasteiger partial charge on any atom is -0.292 e. The van der Waals surface area contributed by atoms with Crippen LogP contribution in [-0.2, 0) is 16.6 Å². The van der Waals surface area contributed by atoms with Gasteiger partial charge in [-0.15, -0.1) is 0 Å². The number of hydrogen-bond acceptors (Lipinski definition) is 7. The van der Waals surface area contributed by atoms with E-state index in [1.165, 1.54) is 0 Å². The van der Waals surface area contributed by atoms with E-state index < -0.39 is 26.6 Å². The standard InChI is InChI=1S/C17H18F2N6O2S2/c18-13-6-16(29(26,27)24-17-20-10-23-28-17)14(19)5-11(13)9-25-4-2-1-3-15(25)12-7-21-22-8-12/h5-8,10,15H,1-4,9H2,(H,21,22)(H,20,23,24). The second-order valence-corrected chi connectivity index (χ2v) is 9.17. The molecule has 12 heteroatoms. The zero-order chi connectivity index (χ0) is 20.4. The number of nitrogens with zero attached hydrogens (tertiary/aromatic N) is 4. The van der Waals surface area contributed by atoms with Crippen LogP contribution in [0.4, 0.5) is 13.9 Å². The smallest absolute Gasteiger partial charge is 0.266 e. The van der Waals surface area contributed by atoms with Gasteiger partial charge in [-0.25, -0.2) is 22.2 Å². The van der Waals surface area contributed by atoms with Gasteiger partial charge in [0.25, 0.3) is 10.0 Å². The van der Waals surface area contributed by atoms with Crippen LogP contribution in [-0.4, -0.2) is 39.4 Å². The van der Waals surface area contributed by atoms with Crippen molar-refractivity contribution in [2.24, 2.45) is 0 Å². The minimum absolute atomic E-state index is 0.0230. The van der Waals surface area contributed by atoms with Crippen molar-refractivity contribution >= 4 is 26.7 Å². The number of aromatic nitrogens is 4. The number of nitrogens with one attached hydrogen (secondary N) is 2. The van der Waals surface area contributed by atoms with Crippen LogP contribution >= 0.6 is 11.5 Å². The molecule has 154 valence electrons. The van der Waals surface area contributed by atoms with Crippen LogP contribution in [0, 0.1) is 11.6 Å². The summed E-state index contributed by atoms with van der Waals surface area (Å²) < 4.78 is 59.9. The normalized spacial score (nSPS) is 18.1. The fourth-order valence-corrected chi connectivity index (χ4v) is 5.24. The maximum Gasteiger partial charge on any atom is 0.266 e. The van der Waals surface area contributed by atoms with Crippen LogP contribution in [0.2, 0.25) is 0 Å². The van der Waals surface area contributed by atoms with E-state index in [1.54, 1.807) is 12.4 Å². The topological polar surface area (TPSA) is 104 Å². The first-order valence-corrected chi connectivity index (χ1v) is 11.2. The second-order valence-electron chi connectivity index (χ2n) is 6.74. The summed E-state index contributed by atoms with van der Waals surface area (Å²) in [5.41, 5.74) is 1.10. The van der Waals surface area contributed by atoms with E-state index in [1.807, 2.05) is 0 Å². The Hall–Kier alpha value is -2.44. The molecule has 0 amide bonds. The van der Waals surface area contributed by atoms with Crippen LogP contribution in [0.15, 0.2) is 35.7 Å². The Morgan fingerprint density at radius 3 is 2.86 bits per heavy atom. The van der Waals surface area contributed by atoms with Gasteiger partial charge in [-0.1, -0.05) is 6.42 Å². The quantitative estimate of drug-likeness (QED) is 0.611. The van der Waals surface area contributed by atoms with Crippen molar-refractivity contribution in [1.29, 1.82) is 0 Å². The molecule has 1 fully saturated rings. The molecule has 0 aliphatic carbocycles. The molecule has 0 bridgehead atoms. The lowest BCUT2D eigenvalue weighted by molar-refractivity contribution is 0.138. The fraction of sp³-hybridized carbons (Fsp3) is 0.353. The zero-order valence-electron chi connectivity index (χ0n) is 15.2. The molecule has 2 aromatic heterocycles. The first-order valence-electron chi connectivity index (χ1n) is 8.94. The van der Waals surface area contributed by atoms with Crippen molar-refractivity contribution in [1.82, 2.24) is 24.5 Å². The summed E-state index contributed by atoms with van der Waals surface area (Å²) in [7, 11) is -4.32. The maximum atomic E-state index is 14.7. The number of sulfonamides is 1. The van der Waals surface area contributed by atoms with Gasteiger partial charge in [-0.05, 0) is 31.5 Å². The van der Waals surface area contributed by atoms with E-state index in [4.69, 9.17) is 0 Å². The van der Waals surface area contributed by atoms with Gasteiger partial charge in [0.05, 0.1) is 6.20 Å². The molecule has 1 atom stereocenters. The van der Waals surface area contributed by atoms with Gasteiger partial charge < -0.3 is 0 Å². The average Bonchev–Trinajstić information content (AvgIpc) is 3.38. The zero-order valence-corrected chi connectivity index (χ0v) is 16.8. The lowest BCUT2D eigenvalue weighted by Crippen LogP contribution is -2.33. The van der Waals surface area contributed by atoms with E-state index in [9.17, 15) is 17.2 Å². The predicted molar refractivity (Wildman–Crippen MR) is 103 cm³/mol. The van der Waals surface area contributed by atoms with Gasteiger partial charge in [-0.2, -0.15) is 9.47 Å². The number of benzene rings is 1. The predicted octanol–water partition coefficient (Wildman–Crippen LogP) is 3.07. The Balaban J connectivity index is 1.58. The molecule has 1 aliphatic heterocycles. The third-order valence-corrected chi connectivity index (χ3v) is 6.93. The first kappa shape index (κ1) is 19.9. The Kier molecular flexibility index (Phi) is 5.56. The number of anilines is 1. The van der Waals surface area contributed by atoms with Crippen LogP contribution < -0.4 is 4.72 Å². The number of halogens is 2. The number of aromatic amines is 1. The number of hydrogen-bond donors (Lipinski definition) is 2.